The number of pyridine rings is 1. The highest BCUT2D eigenvalue weighted by atomic mass is 19.4. The van der Waals surface area contributed by atoms with E-state index in [0.717, 1.165) is 12.3 Å². The molecule has 0 atom stereocenters. The minimum Gasteiger partial charge on any atom is -0.395 e. The Bertz CT molecular complexity index is 795. The molecule has 6 nitrogen and oxygen atoms in total. The molecule has 0 aromatic carbocycles. The number of fused-ring (bicyclic) bond motifs is 1. The Kier molecular flexibility index (Phi) is 5.19. The topological polar surface area (TPSA) is 61.1 Å². The SMILES string of the molecule is CCc1nc2ccc(C(F)(F)F)cn2c1C(=O)N1CCN(CCO)CC1. The van der Waals surface area contributed by atoms with Crippen molar-refractivity contribution in [3.63, 3.8) is 0 Å². The first-order chi connectivity index (χ1) is 12.3. The lowest BCUT2D eigenvalue weighted by Gasteiger charge is -2.34. The average molecular weight is 370 g/mol. The lowest BCUT2D eigenvalue weighted by molar-refractivity contribution is -0.137. The number of aromatic nitrogens is 2. The fourth-order valence-electron chi connectivity index (χ4n) is 3.20. The zero-order chi connectivity index (χ0) is 18.9. The normalized spacial score (nSPS) is 16.4. The van der Waals surface area contributed by atoms with Crippen molar-refractivity contribution in [1.29, 1.82) is 0 Å². The Hall–Kier alpha value is -2.13. The number of hydrogen-bond acceptors (Lipinski definition) is 4. The number of alkyl halides is 3. The number of aliphatic hydroxyl groups excluding tert-OH is 1. The van der Waals surface area contributed by atoms with E-state index in [1.807, 2.05) is 11.8 Å². The molecule has 1 N–H and O–H groups in total. The van der Waals surface area contributed by atoms with E-state index in [1.165, 1.54) is 10.5 Å². The minimum atomic E-state index is -4.49. The fraction of sp³-hybridized carbons (Fsp3) is 0.529. The van der Waals surface area contributed by atoms with Crippen molar-refractivity contribution in [2.75, 3.05) is 39.3 Å². The van der Waals surface area contributed by atoms with Crippen LogP contribution in [0.25, 0.3) is 5.65 Å². The molecule has 1 aliphatic heterocycles. The molecule has 142 valence electrons. The van der Waals surface area contributed by atoms with Gasteiger partial charge in [0.25, 0.3) is 5.91 Å². The number of aliphatic hydroxyl groups is 1. The van der Waals surface area contributed by atoms with Crippen LogP contribution in [0.1, 0.15) is 28.7 Å². The Labute approximate surface area is 148 Å². The third-order valence-corrected chi connectivity index (χ3v) is 4.63. The molecule has 0 aliphatic carbocycles. The number of rotatable bonds is 4. The summed E-state index contributed by atoms with van der Waals surface area (Å²) >= 11 is 0. The van der Waals surface area contributed by atoms with Crippen LogP contribution in [0.15, 0.2) is 18.3 Å². The van der Waals surface area contributed by atoms with Crippen LogP contribution in [0.3, 0.4) is 0 Å². The van der Waals surface area contributed by atoms with Gasteiger partial charge < -0.3 is 10.0 Å². The van der Waals surface area contributed by atoms with E-state index in [2.05, 4.69) is 4.98 Å². The van der Waals surface area contributed by atoms with Gasteiger partial charge in [-0.2, -0.15) is 13.2 Å². The summed E-state index contributed by atoms with van der Waals surface area (Å²) < 4.78 is 40.4. The van der Waals surface area contributed by atoms with Gasteiger partial charge in [-0.05, 0) is 18.6 Å². The highest BCUT2D eigenvalue weighted by Crippen LogP contribution is 2.30. The molecule has 26 heavy (non-hydrogen) atoms. The number of carbonyl (C=O) groups is 1. The highest BCUT2D eigenvalue weighted by Gasteiger charge is 2.32. The van der Waals surface area contributed by atoms with E-state index < -0.39 is 11.7 Å². The van der Waals surface area contributed by atoms with Gasteiger partial charge >= 0.3 is 6.18 Å². The first-order valence-corrected chi connectivity index (χ1v) is 8.55. The Morgan fingerprint density at radius 2 is 1.92 bits per heavy atom. The van der Waals surface area contributed by atoms with Gasteiger partial charge in [0.05, 0.1) is 17.9 Å². The van der Waals surface area contributed by atoms with E-state index in [9.17, 15) is 18.0 Å². The molecule has 0 saturated carbocycles. The summed E-state index contributed by atoms with van der Waals surface area (Å²) in [6, 6.07) is 2.27. The second-order valence-corrected chi connectivity index (χ2v) is 6.26. The Balaban J connectivity index is 1.94. The van der Waals surface area contributed by atoms with Crippen molar-refractivity contribution in [3.05, 3.63) is 35.3 Å². The molecule has 0 bridgehead atoms. The number of nitrogens with zero attached hydrogens (tertiary/aromatic N) is 4. The largest absolute Gasteiger partial charge is 0.417 e. The second kappa shape index (κ2) is 7.24. The molecule has 3 heterocycles. The van der Waals surface area contributed by atoms with Crippen molar-refractivity contribution in [3.8, 4) is 0 Å². The van der Waals surface area contributed by atoms with Gasteiger partial charge in [-0.3, -0.25) is 14.1 Å². The third kappa shape index (κ3) is 3.54. The molecule has 9 heteroatoms. The van der Waals surface area contributed by atoms with Crippen LogP contribution in [-0.2, 0) is 12.6 Å². The summed E-state index contributed by atoms with van der Waals surface area (Å²) in [5.74, 6) is -0.308. The van der Waals surface area contributed by atoms with E-state index in [0.29, 0.717) is 50.5 Å². The van der Waals surface area contributed by atoms with Gasteiger partial charge in [-0.1, -0.05) is 6.92 Å². The second-order valence-electron chi connectivity index (χ2n) is 6.26. The van der Waals surface area contributed by atoms with Crippen molar-refractivity contribution < 1.29 is 23.1 Å². The number of hydrogen-bond donors (Lipinski definition) is 1. The maximum absolute atomic E-state index is 13.1. The molecule has 0 spiro atoms. The number of halogens is 3. The van der Waals surface area contributed by atoms with Crippen LogP contribution in [0.4, 0.5) is 13.2 Å². The predicted molar refractivity (Wildman–Crippen MR) is 89.0 cm³/mol. The maximum Gasteiger partial charge on any atom is 0.417 e. The number of piperazine rings is 1. The van der Waals surface area contributed by atoms with Crippen LogP contribution in [0.5, 0.6) is 0 Å². The smallest absolute Gasteiger partial charge is 0.395 e. The van der Waals surface area contributed by atoms with Crippen LogP contribution >= 0.6 is 0 Å². The summed E-state index contributed by atoms with van der Waals surface area (Å²) in [6.07, 6.45) is -3.09. The van der Waals surface area contributed by atoms with Crippen molar-refractivity contribution in [2.24, 2.45) is 0 Å². The summed E-state index contributed by atoms with van der Waals surface area (Å²) in [4.78, 5) is 21.0. The monoisotopic (exact) mass is 370 g/mol. The molecule has 2 aromatic heterocycles. The molecule has 1 saturated heterocycles. The van der Waals surface area contributed by atoms with E-state index in [4.69, 9.17) is 5.11 Å². The molecular formula is C17H21F3N4O2. The number of imidazole rings is 1. The summed E-state index contributed by atoms with van der Waals surface area (Å²) in [5, 5.41) is 9.00. The van der Waals surface area contributed by atoms with E-state index >= 15 is 0 Å². The average Bonchev–Trinajstić information content (AvgIpc) is 2.99. The van der Waals surface area contributed by atoms with Gasteiger partial charge in [-0.25, -0.2) is 4.98 Å². The molecular weight excluding hydrogens is 349 g/mol. The zero-order valence-corrected chi connectivity index (χ0v) is 14.5. The quantitative estimate of drug-likeness (QED) is 0.889. The minimum absolute atomic E-state index is 0.0570. The van der Waals surface area contributed by atoms with Gasteiger partial charge in [0.1, 0.15) is 11.3 Å². The number of carbonyl (C=O) groups excluding carboxylic acids is 1. The lowest BCUT2D eigenvalue weighted by atomic mass is 10.2. The predicted octanol–water partition coefficient (Wildman–Crippen LogP) is 1.67. The van der Waals surface area contributed by atoms with Crippen LogP contribution in [0.2, 0.25) is 0 Å². The van der Waals surface area contributed by atoms with Gasteiger partial charge in [-0.15, -0.1) is 0 Å². The van der Waals surface area contributed by atoms with Crippen molar-refractivity contribution in [1.82, 2.24) is 19.2 Å². The molecule has 1 amide bonds. The molecule has 3 rings (SSSR count). The third-order valence-electron chi connectivity index (χ3n) is 4.63. The molecule has 2 aromatic rings. The van der Waals surface area contributed by atoms with Crippen LogP contribution < -0.4 is 0 Å². The molecule has 1 fully saturated rings. The number of amides is 1. The van der Waals surface area contributed by atoms with Crippen LogP contribution in [-0.4, -0.2) is 69.5 Å². The van der Waals surface area contributed by atoms with Gasteiger partial charge in [0.15, 0.2) is 0 Å². The first kappa shape index (κ1) is 18.7. The molecule has 1 aliphatic rings. The first-order valence-electron chi connectivity index (χ1n) is 8.55. The van der Waals surface area contributed by atoms with E-state index in [-0.39, 0.29) is 18.2 Å². The standard InChI is InChI=1S/C17H21F3N4O2/c1-2-13-15(16(26)23-7-5-22(6-8-23)9-10-25)24-11-12(17(18,19)20)3-4-14(24)21-13/h3-4,11,25H,2,5-10H2,1H3. The molecule has 0 radical (unpaired) electrons. The summed E-state index contributed by atoms with van der Waals surface area (Å²) in [5.41, 5.74) is 0.209. The highest BCUT2D eigenvalue weighted by molar-refractivity contribution is 5.95. The van der Waals surface area contributed by atoms with Gasteiger partial charge in [0.2, 0.25) is 0 Å². The van der Waals surface area contributed by atoms with Crippen LogP contribution in [0, 0.1) is 0 Å². The lowest BCUT2D eigenvalue weighted by Crippen LogP contribution is -2.49. The molecule has 0 unspecified atom stereocenters. The number of aryl methyl sites for hydroxylation is 1. The summed E-state index contributed by atoms with van der Waals surface area (Å²) in [6.45, 7) is 4.61. The fourth-order valence-corrected chi connectivity index (χ4v) is 3.20. The van der Waals surface area contributed by atoms with E-state index in [1.54, 1.807) is 4.90 Å². The number of β-amino-alcohol motifs (C(OH)–C–C–N with tert-alkyl or cyclic N) is 1. The Morgan fingerprint density at radius 1 is 1.23 bits per heavy atom. The van der Waals surface area contributed by atoms with Gasteiger partial charge in [0, 0.05) is 38.9 Å². The summed E-state index contributed by atoms with van der Waals surface area (Å²) in [7, 11) is 0. The maximum atomic E-state index is 13.1. The van der Waals surface area contributed by atoms with Crippen molar-refractivity contribution >= 4 is 11.6 Å². The zero-order valence-electron chi connectivity index (χ0n) is 14.5. The Morgan fingerprint density at radius 3 is 2.50 bits per heavy atom. The van der Waals surface area contributed by atoms with Crippen molar-refractivity contribution in [2.45, 2.75) is 19.5 Å².